The molecular formula is C8H11FN2O. The number of nitrogens with zero attached hydrogens (tertiary/aromatic N) is 1. The van der Waals surface area contributed by atoms with Crippen molar-refractivity contribution in [3.8, 4) is 0 Å². The second-order valence-electron chi connectivity index (χ2n) is 2.67. The third-order valence-electron chi connectivity index (χ3n) is 1.57. The number of rotatable bonds is 2. The minimum Gasteiger partial charge on any atom is -0.385 e. The second kappa shape index (κ2) is 3.60. The van der Waals surface area contributed by atoms with Gasteiger partial charge in [-0.15, -0.1) is 0 Å². The third-order valence-corrected chi connectivity index (χ3v) is 1.57. The van der Waals surface area contributed by atoms with Crippen molar-refractivity contribution < 1.29 is 9.50 Å². The quantitative estimate of drug-likeness (QED) is 0.683. The van der Waals surface area contributed by atoms with Gasteiger partial charge in [-0.1, -0.05) is 0 Å². The first kappa shape index (κ1) is 9.09. The molecule has 0 saturated heterocycles. The number of aliphatic hydroxyl groups is 1. The number of halogens is 1. The Hall–Kier alpha value is -1.00. The molecule has 1 aromatic rings. The van der Waals surface area contributed by atoms with E-state index in [9.17, 15) is 9.50 Å². The van der Waals surface area contributed by atoms with Crippen molar-refractivity contribution >= 4 is 0 Å². The molecule has 4 heteroatoms. The number of pyridine rings is 1. The summed E-state index contributed by atoms with van der Waals surface area (Å²) in [4.78, 5) is 3.69. The molecule has 0 aromatic carbocycles. The SMILES string of the molecule is C[C@H](N)[C@@H](O)c1ncccc1F. The van der Waals surface area contributed by atoms with Crippen molar-refractivity contribution in [3.05, 3.63) is 29.8 Å². The highest BCUT2D eigenvalue weighted by atomic mass is 19.1. The van der Waals surface area contributed by atoms with Crippen LogP contribution in [0.2, 0.25) is 0 Å². The summed E-state index contributed by atoms with van der Waals surface area (Å²) in [5.41, 5.74) is 5.39. The fourth-order valence-corrected chi connectivity index (χ4v) is 0.865. The van der Waals surface area contributed by atoms with Crippen LogP contribution in [0, 0.1) is 5.82 Å². The van der Waals surface area contributed by atoms with Crippen molar-refractivity contribution in [2.75, 3.05) is 0 Å². The van der Waals surface area contributed by atoms with Crippen LogP contribution in [0.15, 0.2) is 18.3 Å². The zero-order valence-electron chi connectivity index (χ0n) is 6.74. The first-order chi connectivity index (χ1) is 5.63. The fraction of sp³-hybridized carbons (Fsp3) is 0.375. The van der Waals surface area contributed by atoms with Crippen LogP contribution in [0.3, 0.4) is 0 Å². The minimum atomic E-state index is -1.04. The number of hydrogen-bond donors (Lipinski definition) is 2. The van der Waals surface area contributed by atoms with E-state index in [1.165, 1.54) is 18.3 Å². The van der Waals surface area contributed by atoms with Crippen LogP contribution in [0.1, 0.15) is 18.7 Å². The highest BCUT2D eigenvalue weighted by Gasteiger charge is 2.17. The van der Waals surface area contributed by atoms with E-state index in [0.29, 0.717) is 0 Å². The van der Waals surface area contributed by atoms with Gasteiger partial charge in [-0.25, -0.2) is 4.39 Å². The summed E-state index contributed by atoms with van der Waals surface area (Å²) in [5.74, 6) is -0.526. The number of nitrogens with two attached hydrogens (primary N) is 1. The maximum absolute atomic E-state index is 12.9. The van der Waals surface area contributed by atoms with Gasteiger partial charge in [-0.05, 0) is 19.1 Å². The van der Waals surface area contributed by atoms with Gasteiger partial charge in [0.05, 0.1) is 0 Å². The maximum Gasteiger partial charge on any atom is 0.147 e. The van der Waals surface area contributed by atoms with Gasteiger partial charge in [0.2, 0.25) is 0 Å². The Balaban J connectivity index is 2.94. The summed E-state index contributed by atoms with van der Waals surface area (Å²) in [6.07, 6.45) is 0.385. The van der Waals surface area contributed by atoms with Crippen LogP contribution in [-0.4, -0.2) is 16.1 Å². The molecule has 0 spiro atoms. The summed E-state index contributed by atoms with van der Waals surface area (Å²) in [7, 11) is 0. The fourth-order valence-electron chi connectivity index (χ4n) is 0.865. The Morgan fingerprint density at radius 2 is 2.33 bits per heavy atom. The van der Waals surface area contributed by atoms with Crippen LogP contribution in [0.4, 0.5) is 4.39 Å². The molecule has 0 amide bonds. The van der Waals surface area contributed by atoms with Gasteiger partial charge >= 0.3 is 0 Å². The molecule has 3 N–H and O–H groups in total. The number of hydrogen-bond acceptors (Lipinski definition) is 3. The average molecular weight is 170 g/mol. The molecule has 1 rings (SSSR count). The van der Waals surface area contributed by atoms with Gasteiger partial charge < -0.3 is 10.8 Å². The lowest BCUT2D eigenvalue weighted by molar-refractivity contribution is 0.144. The molecule has 0 aliphatic rings. The van der Waals surface area contributed by atoms with Crippen LogP contribution >= 0.6 is 0 Å². The summed E-state index contributed by atoms with van der Waals surface area (Å²) in [6, 6.07) is 2.19. The predicted octanol–water partition coefficient (Wildman–Crippen LogP) is 0.601. The van der Waals surface area contributed by atoms with Gasteiger partial charge in [-0.2, -0.15) is 0 Å². The molecule has 1 aromatic heterocycles. The topological polar surface area (TPSA) is 59.1 Å². The van der Waals surface area contributed by atoms with E-state index < -0.39 is 18.0 Å². The van der Waals surface area contributed by atoms with E-state index in [1.807, 2.05) is 0 Å². The van der Waals surface area contributed by atoms with Gasteiger partial charge in [0.1, 0.15) is 17.6 Å². The largest absolute Gasteiger partial charge is 0.385 e. The van der Waals surface area contributed by atoms with Crippen LogP contribution in [0.25, 0.3) is 0 Å². The van der Waals surface area contributed by atoms with Crippen LogP contribution in [0.5, 0.6) is 0 Å². The first-order valence-electron chi connectivity index (χ1n) is 3.67. The molecule has 0 radical (unpaired) electrons. The van der Waals surface area contributed by atoms with Crippen molar-refractivity contribution in [1.29, 1.82) is 0 Å². The van der Waals surface area contributed by atoms with Gasteiger partial charge in [0.15, 0.2) is 0 Å². The molecule has 66 valence electrons. The van der Waals surface area contributed by atoms with E-state index in [2.05, 4.69) is 4.98 Å². The minimum absolute atomic E-state index is 0.00694. The van der Waals surface area contributed by atoms with Gasteiger partial charge in [-0.3, -0.25) is 4.98 Å². The van der Waals surface area contributed by atoms with Gasteiger partial charge in [0.25, 0.3) is 0 Å². The molecule has 0 aliphatic carbocycles. The van der Waals surface area contributed by atoms with E-state index in [-0.39, 0.29) is 5.69 Å². The normalized spacial score (nSPS) is 15.7. The highest BCUT2D eigenvalue weighted by molar-refractivity contribution is 5.11. The molecule has 0 unspecified atom stereocenters. The van der Waals surface area contributed by atoms with Crippen LogP contribution < -0.4 is 5.73 Å². The third kappa shape index (κ3) is 1.78. The summed E-state index contributed by atoms with van der Waals surface area (Å²) in [5, 5.41) is 9.35. The maximum atomic E-state index is 12.9. The van der Waals surface area contributed by atoms with E-state index in [0.717, 1.165) is 0 Å². The zero-order chi connectivity index (χ0) is 9.14. The van der Waals surface area contributed by atoms with E-state index >= 15 is 0 Å². The molecule has 2 atom stereocenters. The predicted molar refractivity (Wildman–Crippen MR) is 42.8 cm³/mol. The number of aliphatic hydroxyl groups excluding tert-OH is 1. The molecule has 0 bridgehead atoms. The zero-order valence-corrected chi connectivity index (χ0v) is 6.74. The number of aromatic nitrogens is 1. The molecule has 1 heterocycles. The molecule has 12 heavy (non-hydrogen) atoms. The highest BCUT2D eigenvalue weighted by Crippen LogP contribution is 2.15. The summed E-state index contributed by atoms with van der Waals surface area (Å²) < 4.78 is 12.9. The lowest BCUT2D eigenvalue weighted by Crippen LogP contribution is -2.25. The van der Waals surface area contributed by atoms with E-state index in [4.69, 9.17) is 5.73 Å². The van der Waals surface area contributed by atoms with Crippen molar-refractivity contribution in [3.63, 3.8) is 0 Å². The van der Waals surface area contributed by atoms with Crippen molar-refractivity contribution in [2.45, 2.75) is 19.1 Å². The molecule has 0 fully saturated rings. The molecule has 3 nitrogen and oxygen atoms in total. The molecule has 0 aliphatic heterocycles. The molecule has 0 saturated carbocycles. The Bertz CT molecular complexity index is 265. The van der Waals surface area contributed by atoms with Crippen molar-refractivity contribution in [1.82, 2.24) is 4.98 Å². The first-order valence-corrected chi connectivity index (χ1v) is 3.67. The standard InChI is InChI=1S/C8H11FN2O/c1-5(10)8(12)7-6(9)3-2-4-11-7/h2-5,8,12H,10H2,1H3/t5-,8+/m0/s1. The second-order valence-corrected chi connectivity index (χ2v) is 2.67. The smallest absolute Gasteiger partial charge is 0.147 e. The summed E-state index contributed by atoms with van der Waals surface area (Å²) >= 11 is 0. The Labute approximate surface area is 70.0 Å². The summed E-state index contributed by atoms with van der Waals surface area (Å²) in [6.45, 7) is 1.60. The Morgan fingerprint density at radius 3 is 2.83 bits per heavy atom. The van der Waals surface area contributed by atoms with Gasteiger partial charge in [0, 0.05) is 12.2 Å². The Morgan fingerprint density at radius 1 is 1.67 bits per heavy atom. The van der Waals surface area contributed by atoms with Crippen molar-refractivity contribution in [2.24, 2.45) is 5.73 Å². The van der Waals surface area contributed by atoms with E-state index in [1.54, 1.807) is 6.92 Å². The monoisotopic (exact) mass is 170 g/mol. The lowest BCUT2D eigenvalue weighted by Gasteiger charge is -2.13. The average Bonchev–Trinajstić information content (AvgIpc) is 2.04. The van der Waals surface area contributed by atoms with Crippen LogP contribution in [-0.2, 0) is 0 Å². The molecular weight excluding hydrogens is 159 g/mol. The lowest BCUT2D eigenvalue weighted by atomic mass is 10.1. The Kier molecular flexibility index (Phi) is 2.73.